The smallest absolute Gasteiger partial charge is 0.309 e. The van der Waals surface area contributed by atoms with Crippen LogP contribution in [0.15, 0.2) is 24.3 Å². The van der Waals surface area contributed by atoms with Crippen molar-refractivity contribution in [2.75, 3.05) is 0 Å². The van der Waals surface area contributed by atoms with Gasteiger partial charge in [-0.05, 0) is 25.5 Å². The predicted molar refractivity (Wildman–Crippen MR) is 57.5 cm³/mol. The Hall–Kier alpha value is -1.42. The van der Waals surface area contributed by atoms with Gasteiger partial charge in [-0.3, -0.25) is 4.79 Å². The molecule has 0 fully saturated rings. The van der Waals surface area contributed by atoms with Gasteiger partial charge in [0.05, 0.1) is 11.5 Å². The van der Waals surface area contributed by atoms with Gasteiger partial charge in [0.2, 0.25) is 0 Å². The van der Waals surface area contributed by atoms with E-state index in [4.69, 9.17) is 5.11 Å². The van der Waals surface area contributed by atoms with E-state index in [1.165, 1.54) is 19.9 Å². The second kappa shape index (κ2) is 4.61. The van der Waals surface area contributed by atoms with Crippen molar-refractivity contribution in [2.24, 2.45) is 5.92 Å². The summed E-state index contributed by atoms with van der Waals surface area (Å²) in [5, 5.41) is 18.8. The molecule has 0 bridgehead atoms. The fraction of sp³-hybridized carbons (Fsp3) is 0.417. The molecule has 16 heavy (non-hydrogen) atoms. The van der Waals surface area contributed by atoms with Gasteiger partial charge in [0.1, 0.15) is 5.82 Å². The monoisotopic (exact) mass is 226 g/mol. The van der Waals surface area contributed by atoms with Crippen LogP contribution in [-0.4, -0.2) is 21.8 Å². The number of rotatable bonds is 4. The molecule has 0 aliphatic heterocycles. The molecule has 0 heterocycles. The molecule has 0 aliphatic carbocycles. The summed E-state index contributed by atoms with van der Waals surface area (Å²) in [5.41, 5.74) is -1.14. The van der Waals surface area contributed by atoms with Gasteiger partial charge in [-0.2, -0.15) is 0 Å². The fourth-order valence-corrected chi connectivity index (χ4v) is 1.45. The minimum absolute atomic E-state index is 0.0207. The van der Waals surface area contributed by atoms with Crippen LogP contribution < -0.4 is 0 Å². The van der Waals surface area contributed by atoms with Crippen LogP contribution in [0.3, 0.4) is 0 Å². The zero-order valence-electron chi connectivity index (χ0n) is 9.27. The number of benzene rings is 1. The fourth-order valence-electron chi connectivity index (χ4n) is 1.45. The maximum atomic E-state index is 13.3. The molecule has 1 rings (SSSR count). The van der Waals surface area contributed by atoms with Crippen LogP contribution in [0.2, 0.25) is 0 Å². The summed E-state index contributed by atoms with van der Waals surface area (Å²) in [6, 6.07) is 6.03. The summed E-state index contributed by atoms with van der Waals surface area (Å²) in [6.07, 6.45) is -0.0207. The summed E-state index contributed by atoms with van der Waals surface area (Å²) in [5.74, 6) is -2.48. The molecular formula is C12H15FO3. The van der Waals surface area contributed by atoms with E-state index >= 15 is 0 Å². The number of carboxylic acids is 1. The van der Waals surface area contributed by atoms with E-state index in [9.17, 15) is 14.3 Å². The third-order valence-corrected chi connectivity index (χ3v) is 2.81. The van der Waals surface area contributed by atoms with Crippen molar-refractivity contribution in [1.29, 1.82) is 0 Å². The van der Waals surface area contributed by atoms with Gasteiger partial charge in [0, 0.05) is 6.42 Å². The Kier molecular flexibility index (Phi) is 3.65. The molecule has 4 heteroatoms. The van der Waals surface area contributed by atoms with Crippen LogP contribution in [0.4, 0.5) is 4.39 Å². The van der Waals surface area contributed by atoms with Gasteiger partial charge in [-0.15, -0.1) is 0 Å². The quantitative estimate of drug-likeness (QED) is 0.823. The molecule has 0 amide bonds. The molecule has 0 aliphatic rings. The lowest BCUT2D eigenvalue weighted by Crippen LogP contribution is -2.40. The highest BCUT2D eigenvalue weighted by molar-refractivity contribution is 5.71. The van der Waals surface area contributed by atoms with Gasteiger partial charge < -0.3 is 10.2 Å². The van der Waals surface area contributed by atoms with Crippen molar-refractivity contribution in [3.05, 3.63) is 35.6 Å². The summed E-state index contributed by atoms with van der Waals surface area (Å²) >= 11 is 0. The first kappa shape index (κ1) is 12.6. The van der Waals surface area contributed by atoms with E-state index in [-0.39, 0.29) is 6.42 Å². The minimum atomic E-state index is -1.46. The molecule has 0 saturated carbocycles. The zero-order valence-corrected chi connectivity index (χ0v) is 9.27. The van der Waals surface area contributed by atoms with Crippen molar-refractivity contribution in [1.82, 2.24) is 0 Å². The first-order valence-electron chi connectivity index (χ1n) is 5.03. The summed E-state index contributed by atoms with van der Waals surface area (Å²) in [6.45, 7) is 2.81. The average molecular weight is 226 g/mol. The van der Waals surface area contributed by atoms with E-state index in [1.807, 2.05) is 0 Å². The number of hydrogen-bond donors (Lipinski definition) is 2. The topological polar surface area (TPSA) is 57.5 Å². The highest BCUT2D eigenvalue weighted by Crippen LogP contribution is 2.23. The van der Waals surface area contributed by atoms with Gasteiger partial charge in [0.25, 0.3) is 0 Å². The third kappa shape index (κ3) is 2.79. The van der Waals surface area contributed by atoms with Gasteiger partial charge in [-0.1, -0.05) is 18.2 Å². The molecule has 88 valence electrons. The number of halogens is 1. The van der Waals surface area contributed by atoms with E-state index in [0.717, 1.165) is 0 Å². The number of carboxylic acid groups (broad SMARTS) is 1. The molecule has 0 aromatic heterocycles. The van der Waals surface area contributed by atoms with E-state index in [1.54, 1.807) is 18.2 Å². The van der Waals surface area contributed by atoms with Crippen LogP contribution in [0.25, 0.3) is 0 Å². The Morgan fingerprint density at radius 3 is 2.56 bits per heavy atom. The van der Waals surface area contributed by atoms with Crippen LogP contribution >= 0.6 is 0 Å². The van der Waals surface area contributed by atoms with Crippen LogP contribution in [0.1, 0.15) is 19.4 Å². The highest BCUT2D eigenvalue weighted by atomic mass is 19.1. The number of aliphatic hydroxyl groups is 1. The zero-order chi connectivity index (χ0) is 12.3. The van der Waals surface area contributed by atoms with Crippen LogP contribution in [0, 0.1) is 11.7 Å². The Bertz CT molecular complexity index is 388. The van der Waals surface area contributed by atoms with E-state index < -0.39 is 23.3 Å². The second-order valence-electron chi connectivity index (χ2n) is 4.19. The normalized spacial score (nSPS) is 16.5. The minimum Gasteiger partial charge on any atom is -0.481 e. The lowest BCUT2D eigenvalue weighted by Gasteiger charge is -2.27. The van der Waals surface area contributed by atoms with E-state index in [0.29, 0.717) is 5.56 Å². The first-order valence-corrected chi connectivity index (χ1v) is 5.03. The SMILES string of the molecule is CC(C(=O)O)C(C)(O)Cc1ccccc1F. The van der Waals surface area contributed by atoms with Gasteiger partial charge in [0.15, 0.2) is 0 Å². The summed E-state index contributed by atoms with van der Waals surface area (Å²) in [4.78, 5) is 10.8. The van der Waals surface area contributed by atoms with Crippen LogP contribution in [0.5, 0.6) is 0 Å². The maximum absolute atomic E-state index is 13.3. The molecular weight excluding hydrogens is 211 g/mol. The first-order chi connectivity index (χ1) is 7.34. The predicted octanol–water partition coefficient (Wildman–Crippen LogP) is 1.84. The molecule has 2 atom stereocenters. The van der Waals surface area contributed by atoms with E-state index in [2.05, 4.69) is 0 Å². The summed E-state index contributed by atoms with van der Waals surface area (Å²) in [7, 11) is 0. The number of carbonyl (C=O) groups is 1. The van der Waals surface area contributed by atoms with Crippen molar-refractivity contribution < 1.29 is 19.4 Å². The molecule has 1 aromatic rings. The van der Waals surface area contributed by atoms with Gasteiger partial charge in [-0.25, -0.2) is 4.39 Å². The second-order valence-corrected chi connectivity index (χ2v) is 4.19. The molecule has 0 spiro atoms. The molecule has 2 N–H and O–H groups in total. The maximum Gasteiger partial charge on any atom is 0.309 e. The Morgan fingerprint density at radius 1 is 1.50 bits per heavy atom. The molecule has 3 nitrogen and oxygen atoms in total. The van der Waals surface area contributed by atoms with Crippen LogP contribution in [-0.2, 0) is 11.2 Å². The Morgan fingerprint density at radius 2 is 2.06 bits per heavy atom. The Balaban J connectivity index is 2.88. The van der Waals surface area contributed by atoms with Gasteiger partial charge >= 0.3 is 5.97 Å². The summed E-state index contributed by atoms with van der Waals surface area (Å²) < 4.78 is 13.3. The molecule has 2 unspecified atom stereocenters. The largest absolute Gasteiger partial charge is 0.481 e. The van der Waals surface area contributed by atoms with Crippen molar-refractivity contribution in [3.8, 4) is 0 Å². The Labute approximate surface area is 93.5 Å². The average Bonchev–Trinajstić information content (AvgIpc) is 2.20. The molecule has 1 aromatic carbocycles. The lowest BCUT2D eigenvalue weighted by atomic mass is 9.85. The van der Waals surface area contributed by atoms with Crippen molar-refractivity contribution >= 4 is 5.97 Å². The molecule has 0 radical (unpaired) electrons. The standard InChI is InChI=1S/C12H15FO3/c1-8(11(14)15)12(2,16)7-9-5-3-4-6-10(9)13/h3-6,8,16H,7H2,1-2H3,(H,14,15). The lowest BCUT2D eigenvalue weighted by molar-refractivity contribution is -0.149. The highest BCUT2D eigenvalue weighted by Gasteiger charge is 2.34. The van der Waals surface area contributed by atoms with Crippen molar-refractivity contribution in [3.63, 3.8) is 0 Å². The number of hydrogen-bond acceptors (Lipinski definition) is 2. The molecule has 0 saturated heterocycles. The third-order valence-electron chi connectivity index (χ3n) is 2.81. The van der Waals surface area contributed by atoms with Crippen molar-refractivity contribution in [2.45, 2.75) is 25.9 Å². The number of aliphatic carboxylic acids is 1.